The Hall–Kier alpha value is -1.47. The molecule has 0 radical (unpaired) electrons. The molecule has 0 unspecified atom stereocenters. The van der Waals surface area contributed by atoms with Crippen LogP contribution in [0.3, 0.4) is 0 Å². The Morgan fingerprint density at radius 3 is 2.88 bits per heavy atom. The molecule has 2 heterocycles. The van der Waals surface area contributed by atoms with Crippen LogP contribution in [0.1, 0.15) is 19.1 Å². The van der Waals surface area contributed by atoms with Crippen molar-refractivity contribution >= 4 is 0 Å². The molecule has 0 bridgehead atoms. The van der Waals surface area contributed by atoms with E-state index >= 15 is 0 Å². The third-order valence-electron chi connectivity index (χ3n) is 2.56. The van der Waals surface area contributed by atoms with Crippen molar-refractivity contribution in [3.05, 3.63) is 33.1 Å². The highest BCUT2D eigenvalue weighted by molar-refractivity contribution is 4.87. The fraction of sp³-hybridized carbons (Fsp3) is 0.556. The second-order valence-electron chi connectivity index (χ2n) is 3.60. The highest BCUT2D eigenvalue weighted by Gasteiger charge is 2.27. The number of nitrogens with zero attached hydrogens (tertiary/aromatic N) is 2. The van der Waals surface area contributed by atoms with E-state index in [9.17, 15) is 14.1 Å². The molecule has 1 aromatic rings. The summed E-state index contributed by atoms with van der Waals surface area (Å²) in [5.41, 5.74) is -2.06. The van der Waals surface area contributed by atoms with Crippen molar-refractivity contribution in [2.24, 2.45) is 0 Å². The molecule has 0 aliphatic carbocycles. The summed E-state index contributed by atoms with van der Waals surface area (Å²) in [6.45, 7) is -0.138. The van der Waals surface area contributed by atoms with Crippen molar-refractivity contribution in [3.63, 3.8) is 0 Å². The lowest BCUT2D eigenvalue weighted by Gasteiger charge is -2.14. The minimum atomic E-state index is -1.06. The van der Waals surface area contributed by atoms with Crippen molar-refractivity contribution in [3.8, 4) is 0 Å². The summed E-state index contributed by atoms with van der Waals surface area (Å²) in [7, 11) is 0. The van der Waals surface area contributed by atoms with Gasteiger partial charge < -0.3 is 9.84 Å². The first-order chi connectivity index (χ1) is 7.63. The van der Waals surface area contributed by atoms with Crippen LogP contribution in [0.15, 0.2) is 21.9 Å². The van der Waals surface area contributed by atoms with Gasteiger partial charge in [0, 0.05) is 12.3 Å². The van der Waals surface area contributed by atoms with Crippen LogP contribution >= 0.6 is 0 Å². The standard InChI is InChI=1S/C9H11FN2O4/c10-12-7(14)3-4-11(9(12)15)8-2-1-6(5-13)16-8/h3-4,6,8,13H,1-2,5H2/t6-,8+/m0/s1. The minimum absolute atomic E-state index is 0.138. The Morgan fingerprint density at radius 1 is 1.50 bits per heavy atom. The number of hydrogen-bond donors (Lipinski definition) is 1. The van der Waals surface area contributed by atoms with Gasteiger partial charge in [-0.25, -0.2) is 4.79 Å². The summed E-state index contributed by atoms with van der Waals surface area (Å²) >= 11 is 0. The number of aliphatic hydroxyl groups is 1. The number of aromatic nitrogens is 2. The lowest BCUT2D eigenvalue weighted by molar-refractivity contribution is -0.0262. The van der Waals surface area contributed by atoms with Gasteiger partial charge in [-0.2, -0.15) is 0 Å². The second kappa shape index (κ2) is 4.18. The first kappa shape index (κ1) is 11.0. The van der Waals surface area contributed by atoms with Crippen LogP contribution in [0.2, 0.25) is 0 Å². The van der Waals surface area contributed by atoms with Crippen LogP contribution in [0.25, 0.3) is 0 Å². The van der Waals surface area contributed by atoms with Gasteiger partial charge in [-0.3, -0.25) is 9.36 Å². The largest absolute Gasteiger partial charge is 0.394 e. The lowest BCUT2D eigenvalue weighted by atomic mass is 10.2. The molecule has 1 aliphatic heterocycles. The Balaban J connectivity index is 2.33. The van der Waals surface area contributed by atoms with Gasteiger partial charge in [-0.15, -0.1) is 0 Å². The molecule has 1 fully saturated rings. The van der Waals surface area contributed by atoms with Crippen LogP contribution in [-0.4, -0.2) is 27.2 Å². The van der Waals surface area contributed by atoms with E-state index in [1.54, 1.807) is 0 Å². The van der Waals surface area contributed by atoms with E-state index in [-0.39, 0.29) is 12.7 Å². The first-order valence-corrected chi connectivity index (χ1v) is 4.90. The maximum atomic E-state index is 13.0. The van der Waals surface area contributed by atoms with Gasteiger partial charge in [0.15, 0.2) is 0 Å². The molecule has 6 nitrogen and oxygen atoms in total. The van der Waals surface area contributed by atoms with Crippen molar-refractivity contribution in [2.45, 2.75) is 25.2 Å². The van der Waals surface area contributed by atoms with E-state index in [2.05, 4.69) is 0 Å². The van der Waals surface area contributed by atoms with Gasteiger partial charge in [-0.05, 0) is 12.8 Å². The van der Waals surface area contributed by atoms with Crippen LogP contribution in [0, 0.1) is 0 Å². The van der Waals surface area contributed by atoms with Crippen LogP contribution in [0.5, 0.6) is 0 Å². The molecule has 0 aromatic carbocycles. The maximum absolute atomic E-state index is 13.0. The number of halogens is 1. The molecule has 1 saturated heterocycles. The topological polar surface area (TPSA) is 73.5 Å². The molecule has 2 rings (SSSR count). The highest BCUT2D eigenvalue weighted by atomic mass is 19.2. The Labute approximate surface area is 89.4 Å². The zero-order valence-electron chi connectivity index (χ0n) is 8.38. The number of ether oxygens (including phenoxy) is 1. The Morgan fingerprint density at radius 2 is 2.25 bits per heavy atom. The molecule has 0 saturated carbocycles. The molecule has 0 amide bonds. The molecule has 7 heteroatoms. The van der Waals surface area contributed by atoms with E-state index in [0.717, 1.165) is 10.6 Å². The van der Waals surface area contributed by atoms with Crippen LogP contribution in [0.4, 0.5) is 4.48 Å². The summed E-state index contributed by atoms with van der Waals surface area (Å²) in [6.07, 6.45) is 1.34. The lowest BCUT2D eigenvalue weighted by Crippen LogP contribution is -2.37. The van der Waals surface area contributed by atoms with Gasteiger partial charge in [0.25, 0.3) is 5.56 Å². The van der Waals surface area contributed by atoms with Gasteiger partial charge in [-0.1, -0.05) is 9.27 Å². The summed E-state index contributed by atoms with van der Waals surface area (Å²) in [5, 5.41) is 8.86. The van der Waals surface area contributed by atoms with E-state index in [4.69, 9.17) is 9.84 Å². The van der Waals surface area contributed by atoms with Crippen LogP contribution < -0.4 is 11.2 Å². The van der Waals surface area contributed by atoms with E-state index < -0.39 is 22.3 Å². The average molecular weight is 230 g/mol. The monoisotopic (exact) mass is 230 g/mol. The fourth-order valence-corrected chi connectivity index (χ4v) is 1.71. The van der Waals surface area contributed by atoms with Crippen molar-refractivity contribution < 1.29 is 14.3 Å². The summed E-state index contributed by atoms with van der Waals surface area (Å²) < 4.78 is 19.3. The Bertz CT molecular complexity index is 495. The predicted molar refractivity (Wildman–Crippen MR) is 51.7 cm³/mol. The van der Waals surface area contributed by atoms with Gasteiger partial charge in [0.05, 0.1) is 12.7 Å². The van der Waals surface area contributed by atoms with Gasteiger partial charge in [0.2, 0.25) is 0 Å². The van der Waals surface area contributed by atoms with Crippen molar-refractivity contribution in [1.82, 2.24) is 9.36 Å². The number of hydrogen-bond acceptors (Lipinski definition) is 4. The molecule has 1 aromatic heterocycles. The molecule has 0 spiro atoms. The second-order valence-corrected chi connectivity index (χ2v) is 3.60. The third kappa shape index (κ3) is 1.79. The Kier molecular flexibility index (Phi) is 2.88. The molecule has 1 N–H and O–H groups in total. The zero-order valence-corrected chi connectivity index (χ0v) is 8.38. The summed E-state index contributed by atoms with van der Waals surface area (Å²) in [4.78, 5) is 21.7. The van der Waals surface area contributed by atoms with Gasteiger partial charge in [0.1, 0.15) is 6.23 Å². The molecule has 1 aliphatic rings. The minimum Gasteiger partial charge on any atom is -0.394 e. The van der Waals surface area contributed by atoms with Crippen molar-refractivity contribution in [1.29, 1.82) is 0 Å². The zero-order chi connectivity index (χ0) is 11.7. The van der Waals surface area contributed by atoms with E-state index in [1.165, 1.54) is 6.20 Å². The molecule has 88 valence electrons. The molecule has 2 atom stereocenters. The molecular formula is C9H11FN2O4. The van der Waals surface area contributed by atoms with Gasteiger partial charge >= 0.3 is 5.69 Å². The number of rotatable bonds is 2. The van der Waals surface area contributed by atoms with E-state index in [0.29, 0.717) is 12.8 Å². The fourth-order valence-electron chi connectivity index (χ4n) is 1.71. The molecular weight excluding hydrogens is 219 g/mol. The van der Waals surface area contributed by atoms with Crippen molar-refractivity contribution in [2.75, 3.05) is 6.61 Å². The molecule has 16 heavy (non-hydrogen) atoms. The first-order valence-electron chi connectivity index (χ1n) is 4.90. The number of aliphatic hydroxyl groups excluding tert-OH is 1. The maximum Gasteiger partial charge on any atom is 0.362 e. The predicted octanol–water partition coefficient (Wildman–Crippen LogP) is -0.587. The van der Waals surface area contributed by atoms with Crippen LogP contribution in [-0.2, 0) is 4.74 Å². The average Bonchev–Trinajstić information content (AvgIpc) is 2.74. The normalized spacial score (nSPS) is 24.9. The third-order valence-corrected chi connectivity index (χ3v) is 2.56. The quantitative estimate of drug-likeness (QED) is 0.737. The highest BCUT2D eigenvalue weighted by Crippen LogP contribution is 2.26. The SMILES string of the molecule is O=c1ccn([C@H]2CC[C@@H](CO)O2)c(=O)n1F. The summed E-state index contributed by atoms with van der Waals surface area (Å²) in [6, 6.07) is 0.955. The van der Waals surface area contributed by atoms with E-state index in [1.807, 2.05) is 0 Å². The summed E-state index contributed by atoms with van der Waals surface area (Å²) in [5.74, 6) is 0. The smallest absolute Gasteiger partial charge is 0.362 e.